The number of pyridine rings is 1. The smallest absolute Gasteiger partial charge is 0.352 e. The van der Waals surface area contributed by atoms with Crippen molar-refractivity contribution in [2.24, 2.45) is 10.9 Å². The molecule has 4 heterocycles. The molecule has 3 amide bonds. The van der Waals surface area contributed by atoms with Crippen molar-refractivity contribution in [1.82, 2.24) is 19.6 Å². The second kappa shape index (κ2) is 10.9. The maximum absolute atomic E-state index is 13.1. The fourth-order valence-electron chi connectivity index (χ4n) is 3.68. The Hall–Kier alpha value is -4.58. The Morgan fingerprint density at radius 3 is 2.50 bits per heavy atom. The number of carboxylic acids is 2. The number of hydrogen-bond donors (Lipinski definition) is 5. The Morgan fingerprint density at radius 1 is 1.27 bits per heavy atom. The summed E-state index contributed by atoms with van der Waals surface area (Å²) in [5, 5.41) is 24.6. The molecule has 0 spiro atoms. The third kappa shape index (κ3) is 5.57. The van der Waals surface area contributed by atoms with Crippen LogP contribution in [0.4, 0.5) is 5.13 Å². The van der Waals surface area contributed by atoms with Crippen molar-refractivity contribution in [3.63, 3.8) is 0 Å². The first-order chi connectivity index (χ1) is 18.8. The van der Waals surface area contributed by atoms with E-state index in [1.54, 1.807) is 17.0 Å². The highest BCUT2D eigenvalue weighted by Gasteiger charge is 2.55. The minimum atomic E-state index is -1.80. The van der Waals surface area contributed by atoms with Crippen LogP contribution in [0.5, 0.6) is 0 Å². The molecule has 7 N–H and O–H groups in total. The number of rotatable bonds is 10. The number of amides is 3. The van der Waals surface area contributed by atoms with E-state index in [0.717, 1.165) is 16.4 Å². The predicted octanol–water partition coefficient (Wildman–Crippen LogP) is -1.47. The van der Waals surface area contributed by atoms with Crippen LogP contribution in [0.3, 0.4) is 0 Å². The van der Waals surface area contributed by atoms with E-state index in [-0.39, 0.29) is 34.5 Å². The van der Waals surface area contributed by atoms with Crippen LogP contribution in [0.2, 0.25) is 0 Å². The zero-order chi connectivity index (χ0) is 29.4. The van der Waals surface area contributed by atoms with Crippen LogP contribution >= 0.6 is 23.3 Å². The second-order valence-corrected chi connectivity index (χ2v) is 10.9. The van der Waals surface area contributed by atoms with Gasteiger partial charge >= 0.3 is 11.9 Å². The summed E-state index contributed by atoms with van der Waals surface area (Å²) in [6.07, 6.45) is 3.14. The summed E-state index contributed by atoms with van der Waals surface area (Å²) in [6, 6.07) is 1.87. The fraction of sp³-hybridized carbons (Fsp3) is 0.318. The molecule has 1 saturated heterocycles. The van der Waals surface area contributed by atoms with Gasteiger partial charge in [-0.15, -0.1) is 11.8 Å². The van der Waals surface area contributed by atoms with E-state index in [1.165, 1.54) is 37.7 Å². The summed E-state index contributed by atoms with van der Waals surface area (Å²) in [5.74, 6) is -4.91. The molecule has 0 radical (unpaired) electrons. The lowest BCUT2D eigenvalue weighted by Crippen LogP contribution is -2.71. The van der Waals surface area contributed by atoms with Gasteiger partial charge in [0.2, 0.25) is 23.0 Å². The lowest BCUT2D eigenvalue weighted by atomic mass is 10.0. The molecule has 18 heteroatoms. The van der Waals surface area contributed by atoms with Crippen molar-refractivity contribution in [2.45, 2.75) is 37.4 Å². The van der Waals surface area contributed by atoms with E-state index < -0.39 is 52.4 Å². The summed E-state index contributed by atoms with van der Waals surface area (Å²) in [7, 11) is 0. The summed E-state index contributed by atoms with van der Waals surface area (Å²) >= 11 is 2.00. The molecule has 1 fully saturated rings. The number of nitrogens with one attached hydrogen (secondary N) is 1. The molecule has 2 atom stereocenters. The Labute approximate surface area is 233 Å². The molecular weight excluding hydrogens is 568 g/mol. The first-order valence-electron chi connectivity index (χ1n) is 11.4. The molecule has 16 nitrogen and oxygen atoms in total. The molecule has 40 heavy (non-hydrogen) atoms. The maximum atomic E-state index is 13.1. The summed E-state index contributed by atoms with van der Waals surface area (Å²) in [4.78, 5) is 71.1. The Bertz CT molecular complexity index is 1470. The van der Waals surface area contributed by atoms with E-state index in [2.05, 4.69) is 19.8 Å². The number of thioether (sulfide) groups is 1. The second-order valence-electron chi connectivity index (χ2n) is 9.04. The zero-order valence-electron chi connectivity index (χ0n) is 20.9. The molecule has 0 bridgehead atoms. The lowest BCUT2D eigenvalue weighted by Gasteiger charge is -2.49. The Balaban J connectivity index is 1.54. The van der Waals surface area contributed by atoms with Crippen molar-refractivity contribution < 1.29 is 43.6 Å². The van der Waals surface area contributed by atoms with Crippen molar-refractivity contribution in [2.75, 3.05) is 11.5 Å². The van der Waals surface area contributed by atoms with Gasteiger partial charge in [-0.3, -0.25) is 19.3 Å². The van der Waals surface area contributed by atoms with Crippen LogP contribution in [0.25, 0.3) is 0 Å². The molecule has 1 unspecified atom stereocenters. The van der Waals surface area contributed by atoms with E-state index in [9.17, 15) is 34.2 Å². The minimum Gasteiger partial charge on any atom is -0.478 e. The van der Waals surface area contributed by atoms with Gasteiger partial charge in [0.15, 0.2) is 24.1 Å². The van der Waals surface area contributed by atoms with Crippen LogP contribution in [0, 0.1) is 0 Å². The third-order valence-corrected chi connectivity index (χ3v) is 7.72. The minimum absolute atomic E-state index is 0.00706. The normalized spacial score (nSPS) is 19.0. The first kappa shape index (κ1) is 28.4. The number of fused-ring (bicyclic) bond motifs is 1. The van der Waals surface area contributed by atoms with Gasteiger partial charge < -0.3 is 31.8 Å². The van der Waals surface area contributed by atoms with Gasteiger partial charge in [-0.1, -0.05) is 5.16 Å². The van der Waals surface area contributed by atoms with Crippen LogP contribution in [0.15, 0.2) is 41.0 Å². The molecule has 0 saturated carbocycles. The largest absolute Gasteiger partial charge is 0.478 e. The standard InChI is InChI=1S/C22H22N8O8S2/c1-22(2,20(36)37)38-27-11(15-26-21(24)40-28-15)16(32)25-12-17(33)30-13(19(34)35)10(8-39-18(12)30)7-29-5-3-9(4-6-29)14(23)31/h3-6,12,18H,7-8H2,1-2H3,(H6-,23,24,25,26,28,31,32,34,35,36,37)/p+1/t12?,18-/m1/s1. The van der Waals surface area contributed by atoms with Crippen LogP contribution < -0.4 is 21.4 Å². The number of carboxylic acid groups (broad SMARTS) is 2. The number of aromatic nitrogens is 3. The highest BCUT2D eigenvalue weighted by molar-refractivity contribution is 8.00. The third-order valence-electron chi connectivity index (χ3n) is 5.83. The molecule has 210 valence electrons. The number of carbonyl (C=O) groups excluding carboxylic acids is 3. The van der Waals surface area contributed by atoms with Gasteiger partial charge in [0, 0.05) is 35.0 Å². The molecular formula is C22H23N8O8S2+. The van der Waals surface area contributed by atoms with Crippen molar-refractivity contribution in [3.8, 4) is 0 Å². The highest BCUT2D eigenvalue weighted by Crippen LogP contribution is 2.40. The number of hydrogen-bond acceptors (Lipinski definition) is 12. The van der Waals surface area contributed by atoms with Gasteiger partial charge in [0.05, 0.1) is 5.56 Å². The number of carbonyl (C=O) groups is 5. The van der Waals surface area contributed by atoms with Crippen molar-refractivity contribution >= 4 is 63.8 Å². The number of oxime groups is 1. The number of β-lactam (4-membered cyclic amide) rings is 1. The number of nitrogen functional groups attached to an aromatic ring is 1. The molecule has 2 aromatic heterocycles. The van der Waals surface area contributed by atoms with E-state index >= 15 is 0 Å². The number of aliphatic carboxylic acids is 2. The number of nitrogens with zero attached hydrogens (tertiary/aromatic N) is 5. The SMILES string of the molecule is CC(C)(ON=C(C(=O)NC1C(=O)N2C(C(=O)O)=C(C[n+]3ccc(C(N)=O)cc3)CS[C@H]12)c1nsc(N)n1)C(=O)O. The van der Waals surface area contributed by atoms with Gasteiger partial charge in [-0.25, -0.2) is 14.2 Å². The molecule has 0 aromatic carbocycles. The quantitative estimate of drug-likeness (QED) is 0.0920. The average Bonchev–Trinajstić information content (AvgIpc) is 3.32. The average molecular weight is 592 g/mol. The van der Waals surface area contributed by atoms with Crippen molar-refractivity contribution in [1.29, 1.82) is 0 Å². The maximum Gasteiger partial charge on any atom is 0.352 e. The Kier molecular flexibility index (Phi) is 7.74. The van der Waals surface area contributed by atoms with Crippen LogP contribution in [-0.2, 0) is 30.6 Å². The summed E-state index contributed by atoms with van der Waals surface area (Å²) < 4.78 is 5.55. The van der Waals surface area contributed by atoms with Crippen LogP contribution in [-0.4, -0.2) is 82.6 Å². The summed E-state index contributed by atoms with van der Waals surface area (Å²) in [5.41, 5.74) is 9.06. The van der Waals surface area contributed by atoms with Gasteiger partial charge in [0.25, 0.3) is 11.8 Å². The number of anilines is 1. The van der Waals surface area contributed by atoms with E-state index in [1.807, 2.05) is 0 Å². The Morgan fingerprint density at radius 2 is 1.95 bits per heavy atom. The van der Waals surface area contributed by atoms with Gasteiger partial charge in [0.1, 0.15) is 17.1 Å². The number of primary amides is 1. The predicted molar refractivity (Wildman–Crippen MR) is 138 cm³/mol. The molecule has 0 aliphatic carbocycles. The van der Waals surface area contributed by atoms with Gasteiger partial charge in [-0.2, -0.15) is 9.36 Å². The first-order valence-corrected chi connectivity index (χ1v) is 13.2. The topological polar surface area (TPSA) is 244 Å². The summed E-state index contributed by atoms with van der Waals surface area (Å²) in [6.45, 7) is 2.56. The monoisotopic (exact) mass is 591 g/mol. The van der Waals surface area contributed by atoms with E-state index in [4.69, 9.17) is 16.3 Å². The molecule has 2 aliphatic heterocycles. The number of nitrogens with two attached hydrogens (primary N) is 2. The molecule has 2 aromatic rings. The highest BCUT2D eigenvalue weighted by atomic mass is 32.2. The zero-order valence-corrected chi connectivity index (χ0v) is 22.6. The lowest BCUT2D eigenvalue weighted by molar-refractivity contribution is -0.689. The fourth-order valence-corrected chi connectivity index (χ4v) is 5.45. The van der Waals surface area contributed by atoms with Crippen molar-refractivity contribution in [3.05, 3.63) is 47.2 Å². The molecule has 4 rings (SSSR count). The van der Waals surface area contributed by atoms with Crippen LogP contribution in [0.1, 0.15) is 30.0 Å². The molecule has 2 aliphatic rings. The van der Waals surface area contributed by atoms with Gasteiger partial charge in [-0.05, 0) is 13.8 Å². The van der Waals surface area contributed by atoms with E-state index in [0.29, 0.717) is 5.57 Å².